The predicted octanol–water partition coefficient (Wildman–Crippen LogP) is 3.39. The smallest absolute Gasteiger partial charge is 0.262 e. The quantitative estimate of drug-likeness (QED) is 0.720. The standard InChI is InChI=1S/C20H24N2O3S/c1-5-16-8-17-19(26-16)21-11-22(20(17)24)9-15(23)10-25-18-13(3)7-6-12(2)14(18)4/h6-8,11,15,23H,5,9-10H2,1-4H3. The molecule has 1 atom stereocenters. The zero-order valence-corrected chi connectivity index (χ0v) is 16.4. The third-order valence-electron chi connectivity index (χ3n) is 4.62. The molecule has 0 radical (unpaired) electrons. The average Bonchev–Trinajstić information content (AvgIpc) is 3.05. The fourth-order valence-corrected chi connectivity index (χ4v) is 3.85. The minimum absolute atomic E-state index is 0.118. The van der Waals surface area contributed by atoms with E-state index in [1.165, 1.54) is 22.2 Å². The number of fused-ring (bicyclic) bond motifs is 1. The first-order chi connectivity index (χ1) is 12.4. The van der Waals surface area contributed by atoms with E-state index in [4.69, 9.17) is 4.74 Å². The Bertz CT molecular complexity index is 991. The van der Waals surface area contributed by atoms with E-state index in [2.05, 4.69) is 18.0 Å². The Morgan fingerprint density at radius 1 is 1.27 bits per heavy atom. The maximum Gasteiger partial charge on any atom is 0.262 e. The Hall–Kier alpha value is -2.18. The molecule has 1 N–H and O–H groups in total. The van der Waals surface area contributed by atoms with E-state index in [9.17, 15) is 9.90 Å². The molecule has 138 valence electrons. The summed E-state index contributed by atoms with van der Waals surface area (Å²) in [5.41, 5.74) is 3.14. The van der Waals surface area contributed by atoms with Gasteiger partial charge in [-0.2, -0.15) is 0 Å². The van der Waals surface area contributed by atoms with E-state index in [1.54, 1.807) is 0 Å². The number of hydrogen-bond acceptors (Lipinski definition) is 5. The van der Waals surface area contributed by atoms with Crippen molar-refractivity contribution < 1.29 is 9.84 Å². The van der Waals surface area contributed by atoms with Crippen molar-refractivity contribution >= 4 is 21.6 Å². The van der Waals surface area contributed by atoms with Crippen LogP contribution in [0.5, 0.6) is 5.75 Å². The molecule has 1 aromatic carbocycles. The van der Waals surface area contributed by atoms with Gasteiger partial charge in [-0.1, -0.05) is 19.1 Å². The third kappa shape index (κ3) is 3.66. The summed E-state index contributed by atoms with van der Waals surface area (Å²) in [4.78, 5) is 18.8. The molecular weight excluding hydrogens is 348 g/mol. The van der Waals surface area contributed by atoms with E-state index in [0.717, 1.165) is 38.6 Å². The summed E-state index contributed by atoms with van der Waals surface area (Å²) in [5, 5.41) is 11.0. The Labute approximate surface area is 156 Å². The molecule has 0 fully saturated rings. The maximum absolute atomic E-state index is 12.6. The van der Waals surface area contributed by atoms with E-state index in [-0.39, 0.29) is 18.7 Å². The van der Waals surface area contributed by atoms with Gasteiger partial charge in [-0.3, -0.25) is 9.36 Å². The van der Waals surface area contributed by atoms with Crippen LogP contribution in [0.1, 0.15) is 28.5 Å². The number of thiophene rings is 1. The highest BCUT2D eigenvalue weighted by Crippen LogP contribution is 2.26. The summed E-state index contributed by atoms with van der Waals surface area (Å²) in [7, 11) is 0. The van der Waals surface area contributed by atoms with Crippen LogP contribution in [0.3, 0.4) is 0 Å². The lowest BCUT2D eigenvalue weighted by molar-refractivity contribution is 0.0908. The molecule has 1 unspecified atom stereocenters. The monoisotopic (exact) mass is 372 g/mol. The van der Waals surface area contributed by atoms with Crippen molar-refractivity contribution in [1.29, 1.82) is 0 Å². The first-order valence-corrected chi connectivity index (χ1v) is 9.57. The normalized spacial score (nSPS) is 12.5. The molecule has 0 aliphatic carbocycles. The van der Waals surface area contributed by atoms with Gasteiger partial charge in [0.25, 0.3) is 5.56 Å². The van der Waals surface area contributed by atoms with Crippen LogP contribution >= 0.6 is 11.3 Å². The fourth-order valence-electron chi connectivity index (χ4n) is 2.92. The third-order valence-corrected chi connectivity index (χ3v) is 5.81. The SMILES string of the molecule is CCc1cc2c(=O)n(CC(O)COc3c(C)ccc(C)c3C)cnc2s1. The van der Waals surface area contributed by atoms with E-state index < -0.39 is 6.10 Å². The Morgan fingerprint density at radius 3 is 2.73 bits per heavy atom. The second-order valence-electron chi connectivity index (χ2n) is 6.61. The highest BCUT2D eigenvalue weighted by atomic mass is 32.1. The molecule has 5 nitrogen and oxygen atoms in total. The number of aliphatic hydroxyl groups is 1. The van der Waals surface area contributed by atoms with Crippen molar-refractivity contribution in [2.24, 2.45) is 0 Å². The Kier molecular flexibility index (Phi) is 5.44. The van der Waals surface area contributed by atoms with Crippen LogP contribution in [-0.4, -0.2) is 27.4 Å². The first kappa shape index (κ1) is 18.6. The summed E-state index contributed by atoms with van der Waals surface area (Å²) >= 11 is 1.54. The van der Waals surface area contributed by atoms with Gasteiger partial charge in [0, 0.05) is 4.88 Å². The molecule has 0 bridgehead atoms. The molecule has 6 heteroatoms. The van der Waals surface area contributed by atoms with Crippen molar-refractivity contribution in [2.75, 3.05) is 6.61 Å². The molecule has 0 saturated carbocycles. The number of aliphatic hydroxyl groups excluding tert-OH is 1. The second kappa shape index (κ2) is 7.60. The highest BCUT2D eigenvalue weighted by Gasteiger charge is 2.14. The number of hydrogen-bond donors (Lipinski definition) is 1. The maximum atomic E-state index is 12.6. The van der Waals surface area contributed by atoms with Crippen molar-refractivity contribution in [3.63, 3.8) is 0 Å². The van der Waals surface area contributed by atoms with Crippen molar-refractivity contribution in [2.45, 2.75) is 46.8 Å². The fraction of sp³-hybridized carbons (Fsp3) is 0.400. The first-order valence-electron chi connectivity index (χ1n) is 8.76. The minimum atomic E-state index is -0.796. The van der Waals surface area contributed by atoms with Crippen LogP contribution < -0.4 is 10.3 Å². The largest absolute Gasteiger partial charge is 0.490 e. The highest BCUT2D eigenvalue weighted by molar-refractivity contribution is 7.18. The summed E-state index contributed by atoms with van der Waals surface area (Å²) in [5.74, 6) is 0.801. The van der Waals surface area contributed by atoms with Crippen molar-refractivity contribution in [3.8, 4) is 5.75 Å². The van der Waals surface area contributed by atoms with Gasteiger partial charge in [-0.25, -0.2) is 4.98 Å². The van der Waals surface area contributed by atoms with Gasteiger partial charge in [-0.05, 0) is 49.9 Å². The summed E-state index contributed by atoms with van der Waals surface area (Å²) in [6.45, 7) is 8.36. The number of aryl methyl sites for hydroxylation is 3. The molecule has 0 aliphatic rings. The van der Waals surface area contributed by atoms with E-state index >= 15 is 0 Å². The lowest BCUT2D eigenvalue weighted by atomic mass is 10.1. The summed E-state index contributed by atoms with van der Waals surface area (Å²) < 4.78 is 7.30. The molecule has 26 heavy (non-hydrogen) atoms. The number of ether oxygens (including phenoxy) is 1. The lowest BCUT2D eigenvalue weighted by Crippen LogP contribution is -2.30. The molecule has 3 rings (SSSR count). The van der Waals surface area contributed by atoms with Gasteiger partial charge in [0.05, 0.1) is 18.3 Å². The number of rotatable bonds is 6. The molecule has 0 saturated heterocycles. The van der Waals surface area contributed by atoms with Gasteiger partial charge in [0.2, 0.25) is 0 Å². The van der Waals surface area contributed by atoms with Crippen LogP contribution in [0, 0.1) is 20.8 Å². The topological polar surface area (TPSA) is 64.4 Å². The summed E-state index contributed by atoms with van der Waals surface area (Å²) in [6, 6.07) is 5.96. The van der Waals surface area contributed by atoms with E-state index in [1.807, 2.05) is 32.9 Å². The Balaban J connectivity index is 1.73. The van der Waals surface area contributed by atoms with Gasteiger partial charge < -0.3 is 9.84 Å². The van der Waals surface area contributed by atoms with Gasteiger partial charge in [0.15, 0.2) is 0 Å². The van der Waals surface area contributed by atoms with Crippen LogP contribution in [0.15, 0.2) is 29.3 Å². The van der Waals surface area contributed by atoms with Crippen LogP contribution in [0.2, 0.25) is 0 Å². The lowest BCUT2D eigenvalue weighted by Gasteiger charge is -2.17. The number of nitrogens with zero attached hydrogens (tertiary/aromatic N) is 2. The van der Waals surface area contributed by atoms with E-state index in [0.29, 0.717) is 5.39 Å². The number of aromatic nitrogens is 2. The van der Waals surface area contributed by atoms with Crippen LogP contribution in [0.25, 0.3) is 10.2 Å². The molecule has 0 amide bonds. The zero-order valence-electron chi connectivity index (χ0n) is 15.6. The van der Waals surface area contributed by atoms with Gasteiger partial charge >= 0.3 is 0 Å². The molecule has 2 aromatic heterocycles. The predicted molar refractivity (Wildman–Crippen MR) is 105 cm³/mol. The minimum Gasteiger partial charge on any atom is -0.490 e. The molecule has 0 aliphatic heterocycles. The zero-order chi connectivity index (χ0) is 18.8. The van der Waals surface area contributed by atoms with Gasteiger partial charge in [-0.15, -0.1) is 11.3 Å². The average molecular weight is 372 g/mol. The van der Waals surface area contributed by atoms with Gasteiger partial charge in [0.1, 0.15) is 23.3 Å². The Morgan fingerprint density at radius 2 is 2.00 bits per heavy atom. The van der Waals surface area contributed by atoms with Crippen LogP contribution in [0.4, 0.5) is 0 Å². The van der Waals surface area contributed by atoms with Crippen molar-refractivity contribution in [3.05, 3.63) is 56.4 Å². The molecule has 3 aromatic rings. The van der Waals surface area contributed by atoms with Crippen LogP contribution in [-0.2, 0) is 13.0 Å². The second-order valence-corrected chi connectivity index (χ2v) is 7.72. The number of benzene rings is 1. The molecule has 0 spiro atoms. The molecular formula is C20H24N2O3S. The van der Waals surface area contributed by atoms with Crippen molar-refractivity contribution in [1.82, 2.24) is 9.55 Å². The molecule has 2 heterocycles. The summed E-state index contributed by atoms with van der Waals surface area (Å²) in [6.07, 6.45) is 1.59.